The van der Waals surface area contributed by atoms with Crippen LogP contribution in [0.25, 0.3) is 0 Å². The van der Waals surface area contributed by atoms with E-state index < -0.39 is 5.41 Å². The van der Waals surface area contributed by atoms with Gasteiger partial charge >= 0.3 is 0 Å². The number of H-pyrrole nitrogens is 1. The maximum absolute atomic E-state index is 13.9. The van der Waals surface area contributed by atoms with Crippen molar-refractivity contribution < 1.29 is 9.59 Å². The molecule has 2 aromatic carbocycles. The Morgan fingerprint density at radius 1 is 0.914 bits per heavy atom. The third-order valence-electron chi connectivity index (χ3n) is 8.39. The summed E-state index contributed by atoms with van der Waals surface area (Å²) in [4.78, 5) is 31.4. The molecule has 1 unspecified atom stereocenters. The molecule has 3 aliphatic rings. The number of hydrogen-bond acceptors (Lipinski definition) is 3. The number of nitrogens with zero attached hydrogens (tertiary/aromatic N) is 3. The van der Waals surface area contributed by atoms with E-state index in [1.807, 2.05) is 34.1 Å². The van der Waals surface area contributed by atoms with E-state index in [0.717, 1.165) is 62.9 Å². The van der Waals surface area contributed by atoms with E-state index in [1.54, 1.807) is 6.20 Å². The van der Waals surface area contributed by atoms with Crippen LogP contribution in [-0.2, 0) is 23.2 Å². The zero-order valence-electron chi connectivity index (χ0n) is 20.1. The van der Waals surface area contributed by atoms with Crippen LogP contribution >= 0.6 is 0 Å². The van der Waals surface area contributed by atoms with Crippen molar-refractivity contribution in [3.05, 3.63) is 88.7 Å². The van der Waals surface area contributed by atoms with Crippen molar-refractivity contribution in [1.82, 2.24) is 20.0 Å². The molecule has 3 aromatic rings. The van der Waals surface area contributed by atoms with Crippen LogP contribution in [0.2, 0.25) is 0 Å². The van der Waals surface area contributed by atoms with Gasteiger partial charge in [-0.05, 0) is 42.4 Å². The SMILES string of the molecule is O=C(c1cn[nH]c1C1CCN(C(=O)C2(c3ccccc3)CCCC2)C1)N1CCc2ccccc2C1. The van der Waals surface area contributed by atoms with Gasteiger partial charge in [0.05, 0.1) is 22.9 Å². The largest absolute Gasteiger partial charge is 0.341 e. The van der Waals surface area contributed by atoms with Gasteiger partial charge in [0.2, 0.25) is 5.91 Å². The first-order chi connectivity index (χ1) is 17.2. The molecule has 1 saturated carbocycles. The highest BCUT2D eigenvalue weighted by Crippen LogP contribution is 2.44. The molecule has 35 heavy (non-hydrogen) atoms. The number of aromatic amines is 1. The minimum atomic E-state index is -0.399. The molecular weight excluding hydrogens is 436 g/mol. The quantitative estimate of drug-likeness (QED) is 0.616. The first-order valence-electron chi connectivity index (χ1n) is 12.9. The Morgan fingerprint density at radius 3 is 2.46 bits per heavy atom. The fraction of sp³-hybridized carbons (Fsp3) is 0.414. The second-order valence-corrected chi connectivity index (χ2v) is 10.3. The second-order valence-electron chi connectivity index (χ2n) is 10.3. The van der Waals surface area contributed by atoms with Gasteiger partial charge in [0, 0.05) is 32.1 Å². The van der Waals surface area contributed by atoms with E-state index in [-0.39, 0.29) is 17.7 Å². The van der Waals surface area contributed by atoms with Crippen LogP contribution in [0.3, 0.4) is 0 Å². The lowest BCUT2D eigenvalue weighted by Crippen LogP contribution is -2.44. The van der Waals surface area contributed by atoms with Crippen LogP contribution in [0.1, 0.15) is 70.8 Å². The molecule has 0 spiro atoms. The van der Waals surface area contributed by atoms with Crippen LogP contribution in [0, 0.1) is 0 Å². The van der Waals surface area contributed by atoms with Crippen LogP contribution < -0.4 is 0 Å². The monoisotopic (exact) mass is 468 g/mol. The fourth-order valence-corrected chi connectivity index (χ4v) is 6.46. The molecule has 6 heteroatoms. The highest BCUT2D eigenvalue weighted by molar-refractivity contribution is 5.95. The summed E-state index contributed by atoms with van der Waals surface area (Å²) in [5.41, 5.74) is 4.83. The number of likely N-dealkylation sites (tertiary alicyclic amines) is 1. The van der Waals surface area contributed by atoms with E-state index >= 15 is 0 Å². The number of amides is 2. The average molecular weight is 469 g/mol. The molecule has 2 aliphatic heterocycles. The van der Waals surface area contributed by atoms with Crippen LogP contribution in [0.5, 0.6) is 0 Å². The zero-order valence-corrected chi connectivity index (χ0v) is 20.1. The molecule has 1 aliphatic carbocycles. The van der Waals surface area contributed by atoms with Crippen molar-refractivity contribution >= 4 is 11.8 Å². The van der Waals surface area contributed by atoms with Gasteiger partial charge in [0.15, 0.2) is 0 Å². The second kappa shape index (κ2) is 8.99. The van der Waals surface area contributed by atoms with Gasteiger partial charge in [0.1, 0.15) is 0 Å². The highest BCUT2D eigenvalue weighted by Gasteiger charge is 2.46. The van der Waals surface area contributed by atoms with Crippen molar-refractivity contribution in [2.24, 2.45) is 0 Å². The van der Waals surface area contributed by atoms with Gasteiger partial charge in [-0.3, -0.25) is 14.7 Å². The maximum atomic E-state index is 13.9. The van der Waals surface area contributed by atoms with Crippen molar-refractivity contribution in [3.63, 3.8) is 0 Å². The minimum absolute atomic E-state index is 0.0320. The maximum Gasteiger partial charge on any atom is 0.257 e. The lowest BCUT2D eigenvalue weighted by molar-refractivity contribution is -0.136. The summed E-state index contributed by atoms with van der Waals surface area (Å²) >= 11 is 0. The Bertz CT molecular complexity index is 1230. The Morgan fingerprint density at radius 2 is 1.66 bits per heavy atom. The van der Waals surface area contributed by atoms with Crippen LogP contribution in [-0.4, -0.2) is 51.4 Å². The molecule has 0 bridgehead atoms. The minimum Gasteiger partial charge on any atom is -0.341 e. The smallest absolute Gasteiger partial charge is 0.257 e. The predicted octanol–water partition coefficient (Wildman–Crippen LogP) is 4.44. The van der Waals surface area contributed by atoms with Crippen molar-refractivity contribution in [2.45, 2.75) is 56.4 Å². The zero-order chi connectivity index (χ0) is 23.8. The molecule has 3 heterocycles. The van der Waals surface area contributed by atoms with Crippen molar-refractivity contribution in [1.29, 1.82) is 0 Å². The summed E-state index contributed by atoms with van der Waals surface area (Å²) in [5, 5.41) is 7.38. The molecule has 180 valence electrons. The lowest BCUT2D eigenvalue weighted by Gasteiger charge is -2.33. The summed E-state index contributed by atoms with van der Waals surface area (Å²) < 4.78 is 0. The summed E-state index contributed by atoms with van der Waals surface area (Å²) in [6.07, 6.45) is 7.42. The molecule has 1 saturated heterocycles. The normalized spacial score (nSPS) is 21.2. The Labute approximate surface area is 206 Å². The number of carbonyl (C=O) groups excluding carboxylic acids is 2. The first-order valence-corrected chi connectivity index (χ1v) is 12.9. The molecule has 6 nitrogen and oxygen atoms in total. The molecule has 1 N–H and O–H groups in total. The van der Waals surface area contributed by atoms with Crippen LogP contribution in [0.15, 0.2) is 60.8 Å². The topological polar surface area (TPSA) is 69.3 Å². The van der Waals surface area contributed by atoms with Crippen LogP contribution in [0.4, 0.5) is 0 Å². The highest BCUT2D eigenvalue weighted by atomic mass is 16.2. The lowest BCUT2D eigenvalue weighted by atomic mass is 9.77. The third kappa shape index (κ3) is 3.85. The Hall–Kier alpha value is -3.41. The number of hydrogen-bond donors (Lipinski definition) is 1. The average Bonchev–Trinajstić information content (AvgIpc) is 3.69. The van der Waals surface area contributed by atoms with Gasteiger partial charge in [-0.15, -0.1) is 0 Å². The van der Waals surface area contributed by atoms with Gasteiger partial charge in [-0.1, -0.05) is 67.4 Å². The number of rotatable bonds is 4. The first kappa shape index (κ1) is 22.1. The molecule has 2 fully saturated rings. The van der Waals surface area contributed by atoms with Gasteiger partial charge in [-0.25, -0.2) is 0 Å². The fourth-order valence-electron chi connectivity index (χ4n) is 6.46. The number of benzene rings is 2. The van der Waals surface area contributed by atoms with E-state index in [4.69, 9.17) is 0 Å². The third-order valence-corrected chi connectivity index (χ3v) is 8.39. The van der Waals surface area contributed by atoms with E-state index in [2.05, 4.69) is 40.5 Å². The standard InChI is InChI=1S/C29H32N4O2/c34-27(32-16-12-21-8-4-5-9-22(21)19-32)25-18-30-31-26(25)23-13-17-33(20-23)28(35)29(14-6-7-15-29)24-10-2-1-3-11-24/h1-5,8-11,18,23H,6-7,12-17,19-20H2,(H,30,31). The van der Waals surface area contributed by atoms with Crippen molar-refractivity contribution in [2.75, 3.05) is 19.6 Å². The Balaban J connectivity index is 1.19. The molecule has 2 amide bonds. The van der Waals surface area contributed by atoms with E-state index in [9.17, 15) is 9.59 Å². The van der Waals surface area contributed by atoms with Crippen molar-refractivity contribution in [3.8, 4) is 0 Å². The number of fused-ring (bicyclic) bond motifs is 1. The van der Waals surface area contributed by atoms with E-state index in [0.29, 0.717) is 18.7 Å². The van der Waals surface area contributed by atoms with Gasteiger partial charge in [0.25, 0.3) is 5.91 Å². The molecule has 6 rings (SSSR count). The summed E-state index contributed by atoms with van der Waals surface area (Å²) in [6, 6.07) is 18.7. The summed E-state index contributed by atoms with van der Waals surface area (Å²) in [7, 11) is 0. The van der Waals surface area contributed by atoms with Gasteiger partial charge in [-0.2, -0.15) is 5.10 Å². The molecular formula is C29H32N4O2. The number of aromatic nitrogens is 2. The summed E-state index contributed by atoms with van der Waals surface area (Å²) in [6.45, 7) is 2.71. The number of nitrogens with one attached hydrogen (secondary N) is 1. The predicted molar refractivity (Wildman–Crippen MR) is 134 cm³/mol. The molecule has 1 aromatic heterocycles. The number of carbonyl (C=O) groups is 2. The van der Waals surface area contributed by atoms with Gasteiger partial charge < -0.3 is 9.80 Å². The molecule has 0 radical (unpaired) electrons. The Kier molecular flexibility index (Phi) is 5.67. The summed E-state index contributed by atoms with van der Waals surface area (Å²) in [5.74, 6) is 0.389. The van der Waals surface area contributed by atoms with E-state index in [1.165, 1.54) is 11.1 Å². The molecule has 1 atom stereocenters.